The van der Waals surface area contributed by atoms with Crippen LogP contribution in [0.25, 0.3) is 0 Å². The average molecular weight is 183 g/mol. The molecule has 1 aromatic heterocycles. The van der Waals surface area contributed by atoms with Gasteiger partial charge in [-0.25, -0.2) is 0 Å². The van der Waals surface area contributed by atoms with Crippen molar-refractivity contribution in [3.63, 3.8) is 0 Å². The molecular formula is C9H17N3O. The number of nitrogens with two attached hydrogens (primary N) is 1. The van der Waals surface area contributed by atoms with Crippen molar-refractivity contribution in [2.24, 2.45) is 5.73 Å². The first-order chi connectivity index (χ1) is 5.95. The minimum absolute atomic E-state index is 0.0742. The van der Waals surface area contributed by atoms with Crippen LogP contribution >= 0.6 is 0 Å². The molecule has 4 nitrogen and oxygen atoms in total. The molecule has 0 amide bonds. The maximum atomic E-state index is 5.75. The van der Waals surface area contributed by atoms with Crippen LogP contribution in [0.2, 0.25) is 0 Å². The molecule has 0 spiro atoms. The average Bonchev–Trinajstić information content (AvgIpc) is 2.50. The summed E-state index contributed by atoms with van der Waals surface area (Å²) in [5.74, 6) is 1.25. The van der Waals surface area contributed by atoms with Crippen molar-refractivity contribution in [2.45, 2.75) is 45.6 Å². The summed E-state index contributed by atoms with van der Waals surface area (Å²) in [5, 5.41) is 3.89. The summed E-state index contributed by atoms with van der Waals surface area (Å²) in [6.07, 6.45) is 0.811. The summed E-state index contributed by atoms with van der Waals surface area (Å²) in [6, 6.07) is -0.136. The summed E-state index contributed by atoms with van der Waals surface area (Å²) in [5.41, 5.74) is 5.68. The van der Waals surface area contributed by atoms with Crippen LogP contribution in [0.1, 0.15) is 51.9 Å². The first kappa shape index (κ1) is 10.2. The van der Waals surface area contributed by atoms with Gasteiger partial charge in [-0.3, -0.25) is 0 Å². The number of hydrogen-bond acceptors (Lipinski definition) is 4. The SMILES string of the molecule is CC[C@@H](N)c1nc(C(C)(C)C)no1. The van der Waals surface area contributed by atoms with Crippen molar-refractivity contribution in [3.8, 4) is 0 Å². The fraction of sp³-hybridized carbons (Fsp3) is 0.778. The molecule has 1 rings (SSSR count). The van der Waals surface area contributed by atoms with Gasteiger partial charge in [0.1, 0.15) is 0 Å². The minimum atomic E-state index is -0.136. The standard InChI is InChI=1S/C9H17N3O/c1-5-6(10)7-11-8(12-13-7)9(2,3)4/h6H,5,10H2,1-4H3/t6-/m1/s1. The second kappa shape index (κ2) is 3.46. The van der Waals surface area contributed by atoms with Gasteiger partial charge in [0.15, 0.2) is 5.82 Å². The molecule has 0 aliphatic rings. The predicted octanol–water partition coefficient (Wildman–Crippen LogP) is 1.78. The van der Waals surface area contributed by atoms with Crippen LogP contribution in [0.4, 0.5) is 0 Å². The van der Waals surface area contributed by atoms with Gasteiger partial charge in [0.2, 0.25) is 5.89 Å². The highest BCUT2D eigenvalue weighted by molar-refractivity contribution is 5.01. The Morgan fingerprint density at radius 1 is 1.46 bits per heavy atom. The van der Waals surface area contributed by atoms with Crippen LogP contribution in [0.15, 0.2) is 4.52 Å². The van der Waals surface area contributed by atoms with E-state index >= 15 is 0 Å². The van der Waals surface area contributed by atoms with Gasteiger partial charge in [0.05, 0.1) is 6.04 Å². The molecule has 0 radical (unpaired) electrons. The number of hydrogen-bond donors (Lipinski definition) is 1. The maximum Gasteiger partial charge on any atom is 0.243 e. The van der Waals surface area contributed by atoms with Crippen LogP contribution in [-0.2, 0) is 5.41 Å². The molecule has 0 saturated carbocycles. The Bertz CT molecular complexity index is 275. The van der Waals surface area contributed by atoms with E-state index < -0.39 is 0 Å². The highest BCUT2D eigenvalue weighted by Gasteiger charge is 2.22. The Hall–Kier alpha value is -0.900. The lowest BCUT2D eigenvalue weighted by Gasteiger charge is -2.11. The van der Waals surface area contributed by atoms with E-state index in [4.69, 9.17) is 10.3 Å². The fourth-order valence-corrected chi connectivity index (χ4v) is 0.865. The summed E-state index contributed by atoms with van der Waals surface area (Å²) >= 11 is 0. The number of aromatic nitrogens is 2. The van der Waals surface area contributed by atoms with Gasteiger partial charge in [-0.05, 0) is 6.42 Å². The van der Waals surface area contributed by atoms with E-state index in [-0.39, 0.29) is 11.5 Å². The van der Waals surface area contributed by atoms with Crippen molar-refractivity contribution >= 4 is 0 Å². The quantitative estimate of drug-likeness (QED) is 0.759. The van der Waals surface area contributed by atoms with E-state index in [1.165, 1.54) is 0 Å². The number of nitrogens with zero attached hydrogens (tertiary/aromatic N) is 2. The molecule has 0 aliphatic heterocycles. The molecule has 4 heteroatoms. The number of rotatable bonds is 2. The van der Waals surface area contributed by atoms with Crippen LogP contribution in [0, 0.1) is 0 Å². The van der Waals surface area contributed by atoms with Crippen LogP contribution < -0.4 is 5.73 Å². The fourth-order valence-electron chi connectivity index (χ4n) is 0.865. The van der Waals surface area contributed by atoms with Gasteiger partial charge in [-0.1, -0.05) is 32.9 Å². The summed E-state index contributed by atoms with van der Waals surface area (Å²) in [6.45, 7) is 8.11. The van der Waals surface area contributed by atoms with Crippen molar-refractivity contribution in [2.75, 3.05) is 0 Å². The van der Waals surface area contributed by atoms with E-state index in [9.17, 15) is 0 Å². The largest absolute Gasteiger partial charge is 0.338 e. The molecule has 13 heavy (non-hydrogen) atoms. The Labute approximate surface area is 78.5 Å². The van der Waals surface area contributed by atoms with Gasteiger partial charge in [0, 0.05) is 5.41 Å². The highest BCUT2D eigenvalue weighted by atomic mass is 16.5. The van der Waals surface area contributed by atoms with E-state index in [2.05, 4.69) is 10.1 Å². The lowest BCUT2D eigenvalue weighted by Crippen LogP contribution is -2.14. The summed E-state index contributed by atoms with van der Waals surface area (Å²) in [7, 11) is 0. The van der Waals surface area contributed by atoms with Crippen LogP contribution in [-0.4, -0.2) is 10.1 Å². The van der Waals surface area contributed by atoms with Gasteiger partial charge < -0.3 is 10.3 Å². The van der Waals surface area contributed by atoms with Crippen molar-refractivity contribution in [1.29, 1.82) is 0 Å². The van der Waals surface area contributed by atoms with E-state index in [0.717, 1.165) is 6.42 Å². The lowest BCUT2D eigenvalue weighted by molar-refractivity contribution is 0.341. The minimum Gasteiger partial charge on any atom is -0.338 e. The zero-order valence-electron chi connectivity index (χ0n) is 8.66. The third-order valence-corrected chi connectivity index (χ3v) is 1.87. The van der Waals surface area contributed by atoms with E-state index in [1.807, 2.05) is 27.7 Å². The molecule has 74 valence electrons. The van der Waals surface area contributed by atoms with Gasteiger partial charge >= 0.3 is 0 Å². The molecule has 0 fully saturated rings. The zero-order chi connectivity index (χ0) is 10.1. The zero-order valence-corrected chi connectivity index (χ0v) is 8.66. The Morgan fingerprint density at radius 2 is 2.08 bits per heavy atom. The third-order valence-electron chi connectivity index (χ3n) is 1.87. The van der Waals surface area contributed by atoms with E-state index in [0.29, 0.717) is 11.7 Å². The highest BCUT2D eigenvalue weighted by Crippen LogP contribution is 2.20. The summed E-state index contributed by atoms with van der Waals surface area (Å²) < 4.78 is 5.06. The molecule has 1 atom stereocenters. The van der Waals surface area contributed by atoms with Crippen LogP contribution in [0.5, 0.6) is 0 Å². The molecule has 0 bridgehead atoms. The molecule has 0 saturated heterocycles. The summed E-state index contributed by atoms with van der Waals surface area (Å²) in [4.78, 5) is 4.25. The van der Waals surface area contributed by atoms with Gasteiger partial charge in [-0.2, -0.15) is 4.98 Å². The van der Waals surface area contributed by atoms with Crippen molar-refractivity contribution in [1.82, 2.24) is 10.1 Å². The van der Waals surface area contributed by atoms with Crippen molar-refractivity contribution in [3.05, 3.63) is 11.7 Å². The predicted molar refractivity (Wildman–Crippen MR) is 50.2 cm³/mol. The van der Waals surface area contributed by atoms with Crippen molar-refractivity contribution < 1.29 is 4.52 Å². The smallest absolute Gasteiger partial charge is 0.243 e. The first-order valence-corrected chi connectivity index (χ1v) is 4.54. The van der Waals surface area contributed by atoms with Gasteiger partial charge in [-0.15, -0.1) is 0 Å². The second-order valence-electron chi connectivity index (χ2n) is 4.22. The molecule has 0 aliphatic carbocycles. The first-order valence-electron chi connectivity index (χ1n) is 4.54. The third kappa shape index (κ3) is 2.28. The molecule has 0 aromatic carbocycles. The molecular weight excluding hydrogens is 166 g/mol. The Kier molecular flexibility index (Phi) is 2.71. The normalized spacial score (nSPS) is 14.5. The molecule has 1 aromatic rings. The van der Waals surface area contributed by atoms with E-state index in [1.54, 1.807) is 0 Å². The lowest BCUT2D eigenvalue weighted by atomic mass is 9.96. The molecule has 0 unspecified atom stereocenters. The molecule has 2 N–H and O–H groups in total. The second-order valence-corrected chi connectivity index (χ2v) is 4.22. The maximum absolute atomic E-state index is 5.75. The topological polar surface area (TPSA) is 64.9 Å². The van der Waals surface area contributed by atoms with Crippen LogP contribution in [0.3, 0.4) is 0 Å². The Balaban J connectivity index is 2.87. The monoisotopic (exact) mass is 183 g/mol. The molecule has 1 heterocycles. The Morgan fingerprint density at radius 3 is 2.46 bits per heavy atom. The van der Waals surface area contributed by atoms with Gasteiger partial charge in [0.25, 0.3) is 0 Å².